The number of benzene rings is 1. The zero-order valence-electron chi connectivity index (χ0n) is 11.3. The second kappa shape index (κ2) is 7.18. The summed E-state index contributed by atoms with van der Waals surface area (Å²) in [5, 5.41) is 3.55. The summed E-state index contributed by atoms with van der Waals surface area (Å²) in [7, 11) is 2.14. The fourth-order valence-corrected chi connectivity index (χ4v) is 3.65. The average molecular weight is 392 g/mol. The van der Waals surface area contributed by atoms with Crippen LogP contribution in [-0.2, 0) is 4.74 Å². The van der Waals surface area contributed by atoms with Gasteiger partial charge >= 0.3 is 0 Å². The summed E-state index contributed by atoms with van der Waals surface area (Å²) >= 11 is 7.09. The van der Waals surface area contributed by atoms with Crippen LogP contribution in [0.5, 0.6) is 0 Å². The maximum atomic E-state index is 5.76. The molecule has 1 fully saturated rings. The maximum Gasteiger partial charge on any atom is 0.0826 e. The quantitative estimate of drug-likeness (QED) is 0.852. The van der Waals surface area contributed by atoms with Gasteiger partial charge in [0.2, 0.25) is 0 Å². The minimum Gasteiger partial charge on any atom is -0.374 e. The second-order valence-electron chi connectivity index (χ2n) is 5.05. The van der Waals surface area contributed by atoms with Gasteiger partial charge < -0.3 is 15.0 Å². The van der Waals surface area contributed by atoms with Crippen LogP contribution in [0.1, 0.15) is 18.5 Å². The molecule has 106 valence electrons. The van der Waals surface area contributed by atoms with Gasteiger partial charge in [-0.15, -0.1) is 0 Å². The molecule has 1 aliphatic rings. The smallest absolute Gasteiger partial charge is 0.0826 e. The van der Waals surface area contributed by atoms with Crippen molar-refractivity contribution in [2.24, 2.45) is 0 Å². The molecular formula is C14H20Br2N2O. The van der Waals surface area contributed by atoms with E-state index in [1.54, 1.807) is 0 Å². The lowest BCUT2D eigenvalue weighted by Gasteiger charge is -2.31. The molecule has 1 heterocycles. The lowest BCUT2D eigenvalue weighted by Crippen LogP contribution is -2.45. The Labute approximate surface area is 132 Å². The molecule has 0 bridgehead atoms. The normalized spacial score (nSPS) is 22.4. The molecule has 1 aromatic rings. The van der Waals surface area contributed by atoms with Gasteiger partial charge in [-0.2, -0.15) is 0 Å². The summed E-state index contributed by atoms with van der Waals surface area (Å²) < 4.78 is 7.98. The zero-order valence-corrected chi connectivity index (χ0v) is 14.5. The van der Waals surface area contributed by atoms with Crippen LogP contribution < -0.4 is 5.32 Å². The van der Waals surface area contributed by atoms with Crippen LogP contribution in [0, 0.1) is 0 Å². The Kier molecular flexibility index (Phi) is 5.84. The molecule has 0 spiro atoms. The monoisotopic (exact) mass is 390 g/mol. The van der Waals surface area contributed by atoms with E-state index < -0.39 is 0 Å². The van der Waals surface area contributed by atoms with E-state index in [-0.39, 0.29) is 6.10 Å². The van der Waals surface area contributed by atoms with Crippen LogP contribution in [0.3, 0.4) is 0 Å². The fraction of sp³-hybridized carbons (Fsp3) is 0.571. The molecule has 0 aliphatic carbocycles. The van der Waals surface area contributed by atoms with E-state index >= 15 is 0 Å². The van der Waals surface area contributed by atoms with Gasteiger partial charge in [-0.1, -0.05) is 37.9 Å². The summed E-state index contributed by atoms with van der Waals surface area (Å²) in [6.07, 6.45) is 0.287. The molecule has 0 saturated carbocycles. The van der Waals surface area contributed by atoms with Crippen molar-refractivity contribution < 1.29 is 4.74 Å². The molecule has 5 heteroatoms. The summed E-state index contributed by atoms with van der Waals surface area (Å²) in [5.41, 5.74) is 1.27. The van der Waals surface area contributed by atoms with Crippen LogP contribution in [0.15, 0.2) is 27.1 Å². The lowest BCUT2D eigenvalue weighted by molar-refractivity contribution is -0.0191. The van der Waals surface area contributed by atoms with E-state index in [0.717, 1.165) is 35.2 Å². The first-order chi connectivity index (χ1) is 9.06. The van der Waals surface area contributed by atoms with E-state index in [2.05, 4.69) is 74.2 Å². The predicted molar refractivity (Wildman–Crippen MR) is 85.5 cm³/mol. The molecule has 3 nitrogen and oxygen atoms in total. The molecule has 1 saturated heterocycles. The summed E-state index contributed by atoms with van der Waals surface area (Å²) in [6.45, 7) is 5.93. The molecular weight excluding hydrogens is 372 g/mol. The number of nitrogens with one attached hydrogen (secondary N) is 1. The molecule has 2 atom stereocenters. The SMILES string of the molecule is CC(NCC1CN(C)CCO1)c1ccc(Br)cc1Br. The van der Waals surface area contributed by atoms with Gasteiger partial charge in [-0.3, -0.25) is 0 Å². The Morgan fingerprint density at radius 1 is 1.47 bits per heavy atom. The van der Waals surface area contributed by atoms with Crippen LogP contribution in [0.2, 0.25) is 0 Å². The molecule has 0 amide bonds. The first-order valence-corrected chi connectivity index (χ1v) is 8.13. The van der Waals surface area contributed by atoms with Gasteiger partial charge in [0.1, 0.15) is 0 Å². The average Bonchev–Trinajstić information content (AvgIpc) is 2.36. The number of hydrogen-bond acceptors (Lipinski definition) is 3. The number of likely N-dealkylation sites (N-methyl/N-ethyl adjacent to an activating group) is 1. The molecule has 1 aliphatic heterocycles. The van der Waals surface area contributed by atoms with Crippen molar-refractivity contribution in [3.8, 4) is 0 Å². The van der Waals surface area contributed by atoms with Crippen LogP contribution in [-0.4, -0.2) is 44.3 Å². The number of nitrogens with zero attached hydrogens (tertiary/aromatic N) is 1. The lowest BCUT2D eigenvalue weighted by atomic mass is 10.1. The summed E-state index contributed by atoms with van der Waals surface area (Å²) in [6, 6.07) is 6.60. The molecule has 0 aromatic heterocycles. The fourth-order valence-electron chi connectivity index (χ4n) is 2.26. The van der Waals surface area contributed by atoms with Crippen molar-refractivity contribution in [1.29, 1.82) is 0 Å². The summed E-state index contributed by atoms with van der Waals surface area (Å²) in [5.74, 6) is 0. The van der Waals surface area contributed by atoms with Crippen LogP contribution in [0.4, 0.5) is 0 Å². The van der Waals surface area contributed by atoms with Gasteiger partial charge in [0.05, 0.1) is 12.7 Å². The molecule has 1 aromatic carbocycles. The highest BCUT2D eigenvalue weighted by molar-refractivity contribution is 9.11. The number of morpholine rings is 1. The minimum atomic E-state index is 0.287. The third kappa shape index (κ3) is 4.53. The number of rotatable bonds is 4. The Bertz CT molecular complexity index is 428. The van der Waals surface area contributed by atoms with Crippen LogP contribution >= 0.6 is 31.9 Å². The Hall–Kier alpha value is 0.0600. The first-order valence-electron chi connectivity index (χ1n) is 6.54. The molecule has 19 heavy (non-hydrogen) atoms. The van der Waals surface area contributed by atoms with E-state index in [0.29, 0.717) is 6.04 Å². The van der Waals surface area contributed by atoms with E-state index in [1.165, 1.54) is 5.56 Å². The topological polar surface area (TPSA) is 24.5 Å². The van der Waals surface area contributed by atoms with Crippen molar-refractivity contribution in [3.63, 3.8) is 0 Å². The predicted octanol–water partition coefficient (Wildman–Crippen LogP) is 3.19. The van der Waals surface area contributed by atoms with E-state index in [4.69, 9.17) is 4.74 Å². The van der Waals surface area contributed by atoms with E-state index in [1.807, 2.05) is 0 Å². The maximum absolute atomic E-state index is 5.76. The molecule has 0 radical (unpaired) electrons. The minimum absolute atomic E-state index is 0.287. The molecule has 2 unspecified atom stereocenters. The van der Waals surface area contributed by atoms with E-state index in [9.17, 15) is 0 Å². The van der Waals surface area contributed by atoms with Gasteiger partial charge in [0.25, 0.3) is 0 Å². The van der Waals surface area contributed by atoms with Crippen molar-refractivity contribution in [2.75, 3.05) is 33.3 Å². The highest BCUT2D eigenvalue weighted by Crippen LogP contribution is 2.26. The zero-order chi connectivity index (χ0) is 13.8. The van der Waals surface area contributed by atoms with Crippen molar-refractivity contribution in [2.45, 2.75) is 19.1 Å². The molecule has 2 rings (SSSR count). The van der Waals surface area contributed by atoms with Crippen LogP contribution in [0.25, 0.3) is 0 Å². The van der Waals surface area contributed by atoms with Gasteiger partial charge in [0, 0.05) is 34.6 Å². The van der Waals surface area contributed by atoms with Crippen molar-refractivity contribution in [3.05, 3.63) is 32.7 Å². The third-order valence-electron chi connectivity index (χ3n) is 3.42. The summed E-state index contributed by atoms with van der Waals surface area (Å²) in [4.78, 5) is 2.32. The Morgan fingerprint density at radius 2 is 2.26 bits per heavy atom. The highest BCUT2D eigenvalue weighted by Gasteiger charge is 2.18. The highest BCUT2D eigenvalue weighted by atomic mass is 79.9. The van der Waals surface area contributed by atoms with Crippen molar-refractivity contribution in [1.82, 2.24) is 10.2 Å². The second-order valence-corrected chi connectivity index (χ2v) is 6.82. The number of halogens is 2. The van der Waals surface area contributed by atoms with Gasteiger partial charge in [-0.25, -0.2) is 0 Å². The standard InChI is InChI=1S/C14H20Br2N2O/c1-10(13-4-3-11(15)7-14(13)16)17-8-12-9-18(2)5-6-19-12/h3-4,7,10,12,17H,5-6,8-9H2,1-2H3. The van der Waals surface area contributed by atoms with Gasteiger partial charge in [-0.05, 0) is 31.7 Å². The first kappa shape index (κ1) is 15.4. The Balaban J connectivity index is 1.88. The van der Waals surface area contributed by atoms with Gasteiger partial charge in [0.15, 0.2) is 0 Å². The largest absolute Gasteiger partial charge is 0.374 e. The number of ether oxygens (including phenoxy) is 1. The molecule has 1 N–H and O–H groups in total. The Morgan fingerprint density at radius 3 is 2.95 bits per heavy atom. The van der Waals surface area contributed by atoms with Crippen molar-refractivity contribution >= 4 is 31.9 Å². The third-order valence-corrected chi connectivity index (χ3v) is 4.60. The number of hydrogen-bond donors (Lipinski definition) is 1.